The minimum atomic E-state index is -1.03. The van der Waals surface area contributed by atoms with Gasteiger partial charge in [0.15, 0.2) is 0 Å². The Kier molecular flexibility index (Phi) is 13.5. The van der Waals surface area contributed by atoms with Crippen LogP contribution in [0.1, 0.15) is 37.4 Å². The molecule has 3 aliphatic heterocycles. The normalized spacial score (nSPS) is 15.0. The molecule has 17 heteroatoms. The highest BCUT2D eigenvalue weighted by Crippen LogP contribution is 2.36. The Morgan fingerprint density at radius 2 is 1.31 bits per heavy atom. The quantitative estimate of drug-likeness (QED) is 0.192. The van der Waals surface area contributed by atoms with Crippen molar-refractivity contribution in [3.63, 3.8) is 0 Å². The number of nitrogens with two attached hydrogens (primary N) is 1. The molecule has 0 radical (unpaired) electrons. The summed E-state index contributed by atoms with van der Waals surface area (Å²) in [7, 11) is 5.34. The molecule has 3 aliphatic rings. The summed E-state index contributed by atoms with van der Waals surface area (Å²) in [4.78, 5) is 63.7. The first-order valence-corrected chi connectivity index (χ1v) is 20.0. The van der Waals surface area contributed by atoms with Crippen LogP contribution in [-0.2, 0) is 24.2 Å². The van der Waals surface area contributed by atoms with Gasteiger partial charge in [-0.1, -0.05) is 24.3 Å². The molecule has 318 valence electrons. The average Bonchev–Trinajstić information content (AvgIpc) is 3.74. The van der Waals surface area contributed by atoms with Crippen molar-refractivity contribution < 1.29 is 33.7 Å². The summed E-state index contributed by atoms with van der Waals surface area (Å²) in [6, 6.07) is 22.3. The summed E-state index contributed by atoms with van der Waals surface area (Å²) in [6.07, 6.45) is 3.00. The molecule has 2 fully saturated rings. The molecule has 0 spiro atoms. The van der Waals surface area contributed by atoms with Gasteiger partial charge in [0, 0.05) is 93.6 Å². The van der Waals surface area contributed by atoms with Gasteiger partial charge in [0.2, 0.25) is 17.8 Å². The standard InChI is InChI=1S/C31H33N7O5.C13H17N3O2/c1-41-24-7-3-21(4-8-24)19-37(20-22-5-9-25(42-2)10-6-22)29-32-17-23(18-33-29)27-26-11-12-38(31(39)40)28(26)35-30(34-27)36-13-15-43-16-14-36;1-15-6-8-16(9-7-15)13(18)11-4-2-10(3-5-11)12(14)17/h3-10,17-18H,11-16,19-20H2,1-2H3,(H,39,40);2-5H,6-9H2,1H3,(H2,14,17). The Bertz CT molecular complexity index is 2230. The number of aromatic nitrogens is 4. The topological polar surface area (TPSA) is 193 Å². The van der Waals surface area contributed by atoms with Crippen LogP contribution < -0.4 is 29.9 Å². The SMILES string of the molecule is CN1CCN(C(=O)c2ccc(C(N)=O)cc2)CC1.COc1ccc(CN(Cc2ccc(OC)cc2)c2ncc(-c3nc(N4CCOCC4)nc4c3CCN4C(=O)O)cn2)cc1. The fourth-order valence-electron chi connectivity index (χ4n) is 7.25. The number of amides is 3. The van der Waals surface area contributed by atoms with Crippen molar-refractivity contribution in [3.8, 4) is 22.8 Å². The van der Waals surface area contributed by atoms with Crippen LogP contribution in [-0.4, -0.2) is 133 Å². The molecule has 2 saturated heterocycles. The summed E-state index contributed by atoms with van der Waals surface area (Å²) in [6.45, 7) is 7.15. The van der Waals surface area contributed by atoms with Gasteiger partial charge in [0.1, 0.15) is 17.3 Å². The van der Waals surface area contributed by atoms with Gasteiger partial charge in [0.25, 0.3) is 5.91 Å². The Hall–Kier alpha value is -6.85. The maximum atomic E-state index is 12.2. The zero-order valence-corrected chi connectivity index (χ0v) is 34.6. The van der Waals surface area contributed by atoms with Crippen LogP contribution >= 0.6 is 0 Å². The van der Waals surface area contributed by atoms with Crippen LogP contribution in [0.4, 0.5) is 22.5 Å². The number of hydrogen-bond donors (Lipinski definition) is 2. The lowest BCUT2D eigenvalue weighted by atomic mass is 10.1. The number of likely N-dealkylation sites (N-methyl/N-ethyl adjacent to an activating group) is 1. The first-order valence-electron chi connectivity index (χ1n) is 20.0. The Balaban J connectivity index is 0.000000260. The molecule has 61 heavy (non-hydrogen) atoms. The molecule has 2 aromatic heterocycles. The minimum absolute atomic E-state index is 0.0131. The molecule has 5 heterocycles. The van der Waals surface area contributed by atoms with E-state index in [1.54, 1.807) is 50.9 Å². The summed E-state index contributed by atoms with van der Waals surface area (Å²) >= 11 is 0. The monoisotopic (exact) mass is 830 g/mol. The molecule has 0 unspecified atom stereocenters. The second-order valence-electron chi connectivity index (χ2n) is 14.8. The van der Waals surface area contributed by atoms with Crippen molar-refractivity contribution in [2.75, 3.05) is 95.0 Å². The number of nitrogens with zero attached hydrogens (tertiary/aromatic N) is 9. The minimum Gasteiger partial charge on any atom is -0.497 e. The number of ether oxygens (including phenoxy) is 3. The molecular weight excluding hydrogens is 781 g/mol. The number of benzene rings is 3. The van der Waals surface area contributed by atoms with Crippen molar-refractivity contribution >= 4 is 35.6 Å². The summed E-state index contributed by atoms with van der Waals surface area (Å²) in [5, 5.41) is 9.81. The van der Waals surface area contributed by atoms with Crippen LogP contribution in [0, 0.1) is 0 Å². The zero-order valence-electron chi connectivity index (χ0n) is 34.6. The Morgan fingerprint density at radius 3 is 1.84 bits per heavy atom. The van der Waals surface area contributed by atoms with Crippen LogP contribution in [0.2, 0.25) is 0 Å². The summed E-state index contributed by atoms with van der Waals surface area (Å²) < 4.78 is 16.1. The van der Waals surface area contributed by atoms with E-state index in [2.05, 4.69) is 14.8 Å². The van der Waals surface area contributed by atoms with E-state index in [0.29, 0.717) is 92.5 Å². The lowest BCUT2D eigenvalue weighted by Gasteiger charge is -2.32. The number of primary amides is 1. The molecule has 8 rings (SSSR count). The van der Waals surface area contributed by atoms with Gasteiger partial charge in [-0.05, 0) is 73.1 Å². The van der Waals surface area contributed by atoms with Crippen LogP contribution in [0.15, 0.2) is 85.2 Å². The van der Waals surface area contributed by atoms with E-state index in [0.717, 1.165) is 54.4 Å². The third kappa shape index (κ3) is 10.3. The molecule has 3 N–H and O–H groups in total. The summed E-state index contributed by atoms with van der Waals surface area (Å²) in [5.74, 6) is 2.58. The highest BCUT2D eigenvalue weighted by molar-refractivity contribution is 5.97. The third-order valence-electron chi connectivity index (χ3n) is 10.8. The van der Waals surface area contributed by atoms with Crippen molar-refractivity contribution in [2.24, 2.45) is 5.73 Å². The molecule has 0 saturated carbocycles. The van der Waals surface area contributed by atoms with Gasteiger partial charge >= 0.3 is 6.09 Å². The lowest BCUT2D eigenvalue weighted by molar-refractivity contribution is 0.0663. The van der Waals surface area contributed by atoms with E-state index >= 15 is 0 Å². The van der Waals surface area contributed by atoms with Crippen molar-refractivity contribution in [3.05, 3.63) is 113 Å². The number of hydrogen-bond acceptors (Lipinski definition) is 13. The predicted molar refractivity (Wildman–Crippen MR) is 229 cm³/mol. The number of methoxy groups -OCH3 is 2. The van der Waals surface area contributed by atoms with Gasteiger partial charge < -0.3 is 44.7 Å². The van der Waals surface area contributed by atoms with E-state index in [4.69, 9.17) is 34.9 Å². The molecule has 0 atom stereocenters. The van der Waals surface area contributed by atoms with Crippen molar-refractivity contribution in [1.29, 1.82) is 0 Å². The maximum absolute atomic E-state index is 12.2. The van der Waals surface area contributed by atoms with E-state index in [9.17, 15) is 19.5 Å². The third-order valence-corrected chi connectivity index (χ3v) is 10.8. The Labute approximate surface area is 354 Å². The molecule has 17 nitrogen and oxygen atoms in total. The number of rotatable bonds is 11. The first kappa shape index (κ1) is 42.3. The largest absolute Gasteiger partial charge is 0.497 e. The molecule has 3 amide bonds. The zero-order chi connectivity index (χ0) is 42.9. The van der Waals surface area contributed by atoms with Crippen LogP contribution in [0.25, 0.3) is 11.3 Å². The number of fused-ring (bicyclic) bond motifs is 1. The first-order chi connectivity index (χ1) is 29.6. The van der Waals surface area contributed by atoms with Gasteiger partial charge in [-0.2, -0.15) is 4.98 Å². The number of carbonyl (C=O) groups is 3. The second-order valence-corrected chi connectivity index (χ2v) is 14.8. The van der Waals surface area contributed by atoms with Crippen molar-refractivity contribution in [1.82, 2.24) is 29.7 Å². The van der Waals surface area contributed by atoms with Crippen LogP contribution in [0.3, 0.4) is 0 Å². The fraction of sp³-hybridized carbons (Fsp3) is 0.341. The molecule has 0 bridgehead atoms. The predicted octanol–water partition coefficient (Wildman–Crippen LogP) is 4.21. The average molecular weight is 831 g/mol. The van der Waals surface area contributed by atoms with E-state index in [1.165, 1.54) is 4.90 Å². The van der Waals surface area contributed by atoms with Gasteiger partial charge in [-0.15, -0.1) is 0 Å². The highest BCUT2D eigenvalue weighted by atomic mass is 16.5. The van der Waals surface area contributed by atoms with E-state index in [1.807, 2.05) is 65.4 Å². The van der Waals surface area contributed by atoms with E-state index in [-0.39, 0.29) is 5.91 Å². The smallest absolute Gasteiger partial charge is 0.413 e. The van der Waals surface area contributed by atoms with Crippen LogP contribution in [0.5, 0.6) is 11.5 Å². The van der Waals surface area contributed by atoms with Gasteiger partial charge in [0.05, 0.1) is 33.1 Å². The summed E-state index contributed by atoms with van der Waals surface area (Å²) in [5.41, 5.74) is 10.5. The van der Waals surface area contributed by atoms with E-state index < -0.39 is 12.0 Å². The lowest BCUT2D eigenvalue weighted by Crippen LogP contribution is -2.47. The molecular formula is C44H50N10O7. The number of carbonyl (C=O) groups excluding carboxylic acids is 2. The van der Waals surface area contributed by atoms with Gasteiger partial charge in [-0.25, -0.2) is 19.7 Å². The number of morpholine rings is 1. The number of piperazine rings is 1. The molecule has 0 aliphatic carbocycles. The maximum Gasteiger partial charge on any atom is 0.413 e. The molecule has 3 aromatic carbocycles. The number of carboxylic acid groups (broad SMARTS) is 1. The Morgan fingerprint density at radius 1 is 0.754 bits per heavy atom. The highest BCUT2D eigenvalue weighted by Gasteiger charge is 2.32. The fourth-order valence-corrected chi connectivity index (χ4v) is 7.25. The second kappa shape index (κ2) is 19.5. The van der Waals surface area contributed by atoms with Gasteiger partial charge in [-0.3, -0.25) is 14.5 Å². The number of anilines is 3. The molecule has 5 aromatic rings. The van der Waals surface area contributed by atoms with Crippen molar-refractivity contribution in [2.45, 2.75) is 19.5 Å².